The smallest absolute Gasteiger partial charge is 0.353 e. The van der Waals surface area contributed by atoms with Crippen LogP contribution in [0.5, 0.6) is 0 Å². The van der Waals surface area contributed by atoms with E-state index in [2.05, 4.69) is 26.1 Å². The number of carbonyl (C=O) groups excluding carboxylic acids is 1. The van der Waals surface area contributed by atoms with Gasteiger partial charge in [0.25, 0.3) is 0 Å². The summed E-state index contributed by atoms with van der Waals surface area (Å²) in [5.74, 6) is 0.354. The van der Waals surface area contributed by atoms with Crippen LogP contribution in [-0.2, 0) is 21.0 Å². The van der Waals surface area contributed by atoms with E-state index in [0.29, 0.717) is 30.2 Å². The highest BCUT2D eigenvalue weighted by atomic mass is 32.2. The summed E-state index contributed by atoms with van der Waals surface area (Å²) in [6.45, 7) is 7.06. The maximum atomic E-state index is 13.0. The zero-order valence-electron chi connectivity index (χ0n) is 19.6. The highest BCUT2D eigenvalue weighted by molar-refractivity contribution is 7.89. The Morgan fingerprint density at radius 1 is 1.06 bits per heavy atom. The van der Waals surface area contributed by atoms with Gasteiger partial charge in [-0.25, -0.2) is 8.42 Å². The van der Waals surface area contributed by atoms with E-state index in [-0.39, 0.29) is 35.9 Å². The van der Waals surface area contributed by atoms with Crippen LogP contribution >= 0.6 is 0 Å². The second-order valence-corrected chi connectivity index (χ2v) is 12.0. The summed E-state index contributed by atoms with van der Waals surface area (Å²) < 4.78 is 65.8. The Morgan fingerprint density at radius 3 is 2.21 bits per heavy atom. The summed E-state index contributed by atoms with van der Waals surface area (Å²) in [6.07, 6.45) is 1.37. The number of halogens is 3. The average molecular weight is 489 g/mol. The number of amides is 1. The van der Waals surface area contributed by atoms with Gasteiger partial charge in [0.1, 0.15) is 0 Å². The van der Waals surface area contributed by atoms with E-state index in [1.54, 1.807) is 0 Å². The normalized spacial score (nSPS) is 23.9. The SMILES string of the molecule is CCC(C)(C)C1CCC(NC(=O)C2CCN(S(=O)(=O)c3cccc(C(F)(F)F)c3)CC2)CC1. The van der Waals surface area contributed by atoms with Crippen molar-refractivity contribution in [3.8, 4) is 0 Å². The second kappa shape index (κ2) is 9.94. The van der Waals surface area contributed by atoms with E-state index in [4.69, 9.17) is 0 Å². The molecule has 9 heteroatoms. The van der Waals surface area contributed by atoms with Gasteiger partial charge in [-0.2, -0.15) is 17.5 Å². The molecule has 1 aromatic carbocycles. The molecule has 33 heavy (non-hydrogen) atoms. The monoisotopic (exact) mass is 488 g/mol. The minimum Gasteiger partial charge on any atom is -0.353 e. The fourth-order valence-electron chi connectivity index (χ4n) is 4.97. The van der Waals surface area contributed by atoms with Crippen LogP contribution in [0.3, 0.4) is 0 Å². The minimum absolute atomic E-state index is 0.0377. The van der Waals surface area contributed by atoms with Gasteiger partial charge in [-0.15, -0.1) is 0 Å². The Hall–Kier alpha value is -1.61. The molecule has 1 aliphatic carbocycles. The molecule has 1 heterocycles. The molecule has 0 atom stereocenters. The summed E-state index contributed by atoms with van der Waals surface area (Å²) in [5.41, 5.74) is -0.678. The lowest BCUT2D eigenvalue weighted by Crippen LogP contribution is -2.46. The highest BCUT2D eigenvalue weighted by Crippen LogP contribution is 2.40. The quantitative estimate of drug-likeness (QED) is 0.597. The molecule has 1 N–H and O–H groups in total. The first-order valence-electron chi connectivity index (χ1n) is 11.8. The van der Waals surface area contributed by atoms with Gasteiger partial charge in [-0.05, 0) is 68.1 Å². The number of nitrogens with zero attached hydrogens (tertiary/aromatic N) is 1. The first kappa shape index (κ1) is 26.0. The van der Waals surface area contributed by atoms with Crippen molar-refractivity contribution in [1.29, 1.82) is 0 Å². The van der Waals surface area contributed by atoms with Gasteiger partial charge in [0.05, 0.1) is 10.5 Å². The number of hydrogen-bond acceptors (Lipinski definition) is 3. The Morgan fingerprint density at radius 2 is 1.67 bits per heavy atom. The average Bonchev–Trinajstić information content (AvgIpc) is 2.79. The Bertz CT molecular complexity index is 931. The summed E-state index contributed by atoms with van der Waals surface area (Å²) >= 11 is 0. The zero-order valence-corrected chi connectivity index (χ0v) is 20.4. The Kier molecular flexibility index (Phi) is 7.83. The molecule has 3 rings (SSSR count). The Labute approximate surface area is 195 Å². The molecule has 0 unspecified atom stereocenters. The highest BCUT2D eigenvalue weighted by Gasteiger charge is 2.36. The minimum atomic E-state index is -4.61. The second-order valence-electron chi connectivity index (χ2n) is 10.1. The van der Waals surface area contributed by atoms with Gasteiger partial charge in [0, 0.05) is 25.0 Å². The molecule has 1 aliphatic heterocycles. The number of nitrogens with one attached hydrogen (secondary N) is 1. The zero-order chi connectivity index (χ0) is 24.4. The first-order valence-corrected chi connectivity index (χ1v) is 13.3. The number of carbonyl (C=O) groups is 1. The van der Waals surface area contributed by atoms with Crippen LogP contribution in [0, 0.1) is 17.3 Å². The molecule has 1 saturated heterocycles. The maximum Gasteiger partial charge on any atom is 0.416 e. The number of piperidine rings is 1. The van der Waals surface area contributed by atoms with Crippen LogP contribution in [0.2, 0.25) is 0 Å². The number of hydrogen-bond donors (Lipinski definition) is 1. The lowest BCUT2D eigenvalue weighted by atomic mass is 9.69. The summed E-state index contributed by atoms with van der Waals surface area (Å²) in [6, 6.07) is 3.97. The molecular formula is C24H35F3N2O3S. The molecule has 0 bridgehead atoms. The van der Waals surface area contributed by atoms with Gasteiger partial charge in [-0.3, -0.25) is 4.79 Å². The fourth-order valence-corrected chi connectivity index (χ4v) is 6.48. The molecule has 2 aliphatic rings. The standard InChI is InChI=1S/C24H35F3N2O3S/c1-4-23(2,3)18-8-10-20(11-9-18)28-22(30)17-12-14-29(15-13-17)33(31,32)21-7-5-6-19(16-21)24(25,26)27/h5-7,16-18,20H,4,8-15H2,1-3H3,(H,28,30). The molecule has 0 spiro atoms. The summed E-state index contributed by atoms with van der Waals surface area (Å²) in [4.78, 5) is 12.4. The van der Waals surface area contributed by atoms with Crippen LogP contribution < -0.4 is 5.32 Å². The third-order valence-electron chi connectivity index (χ3n) is 7.71. The molecule has 1 aromatic rings. The summed E-state index contributed by atoms with van der Waals surface area (Å²) in [7, 11) is -4.04. The topological polar surface area (TPSA) is 66.5 Å². The van der Waals surface area contributed by atoms with E-state index < -0.39 is 21.8 Å². The van der Waals surface area contributed by atoms with E-state index in [9.17, 15) is 26.4 Å². The number of alkyl halides is 3. The molecular weight excluding hydrogens is 453 g/mol. The van der Waals surface area contributed by atoms with Crippen LogP contribution in [0.1, 0.15) is 71.3 Å². The lowest BCUT2D eigenvalue weighted by Gasteiger charge is -2.39. The van der Waals surface area contributed by atoms with Crippen LogP contribution in [0.25, 0.3) is 0 Å². The largest absolute Gasteiger partial charge is 0.416 e. The predicted molar refractivity (Wildman–Crippen MR) is 121 cm³/mol. The molecule has 0 radical (unpaired) electrons. The van der Waals surface area contributed by atoms with Gasteiger partial charge in [0.2, 0.25) is 15.9 Å². The van der Waals surface area contributed by atoms with Gasteiger partial charge < -0.3 is 5.32 Å². The molecule has 0 aromatic heterocycles. The van der Waals surface area contributed by atoms with Gasteiger partial charge >= 0.3 is 6.18 Å². The van der Waals surface area contributed by atoms with E-state index in [1.807, 2.05) is 0 Å². The molecule has 186 valence electrons. The fraction of sp³-hybridized carbons (Fsp3) is 0.708. The van der Waals surface area contributed by atoms with Crippen molar-refractivity contribution in [2.75, 3.05) is 13.1 Å². The molecule has 5 nitrogen and oxygen atoms in total. The van der Waals surface area contributed by atoms with Crippen molar-refractivity contribution in [2.45, 2.75) is 82.8 Å². The predicted octanol–water partition coefficient (Wildman–Crippen LogP) is 5.22. The summed E-state index contributed by atoms with van der Waals surface area (Å²) in [5, 5.41) is 3.16. The van der Waals surface area contributed by atoms with Crippen molar-refractivity contribution in [2.24, 2.45) is 17.3 Å². The van der Waals surface area contributed by atoms with Gasteiger partial charge in [-0.1, -0.05) is 33.3 Å². The third-order valence-corrected chi connectivity index (χ3v) is 9.61. The van der Waals surface area contributed by atoms with Crippen molar-refractivity contribution in [3.63, 3.8) is 0 Å². The maximum absolute atomic E-state index is 13.0. The number of sulfonamides is 1. The van der Waals surface area contributed by atoms with Crippen molar-refractivity contribution < 1.29 is 26.4 Å². The van der Waals surface area contributed by atoms with Crippen molar-refractivity contribution in [3.05, 3.63) is 29.8 Å². The molecule has 1 saturated carbocycles. The molecule has 2 fully saturated rings. The first-order chi connectivity index (χ1) is 15.3. The number of rotatable bonds is 6. The van der Waals surface area contributed by atoms with Crippen molar-refractivity contribution >= 4 is 15.9 Å². The van der Waals surface area contributed by atoms with Crippen molar-refractivity contribution in [1.82, 2.24) is 9.62 Å². The van der Waals surface area contributed by atoms with Crippen LogP contribution in [-0.4, -0.2) is 37.8 Å². The molecule has 1 amide bonds. The van der Waals surface area contributed by atoms with E-state index in [0.717, 1.165) is 44.2 Å². The lowest BCUT2D eigenvalue weighted by molar-refractivity contribution is -0.137. The Balaban J connectivity index is 1.53. The van der Waals surface area contributed by atoms with E-state index in [1.165, 1.54) is 10.4 Å². The van der Waals surface area contributed by atoms with Crippen LogP contribution in [0.15, 0.2) is 29.2 Å². The van der Waals surface area contributed by atoms with Gasteiger partial charge in [0.15, 0.2) is 0 Å². The van der Waals surface area contributed by atoms with E-state index >= 15 is 0 Å². The van der Waals surface area contributed by atoms with Crippen LogP contribution in [0.4, 0.5) is 13.2 Å². The number of benzene rings is 1. The third kappa shape index (κ3) is 6.10.